The molecule has 1 amide bonds. The molecule has 30 heavy (non-hydrogen) atoms. The van der Waals surface area contributed by atoms with Crippen LogP contribution in [-0.2, 0) is 11.2 Å². The Morgan fingerprint density at radius 2 is 1.97 bits per heavy atom. The topological polar surface area (TPSA) is 76.4 Å². The van der Waals surface area contributed by atoms with Crippen LogP contribution in [0.5, 0.6) is 5.75 Å². The monoisotopic (exact) mass is 411 g/mol. The zero-order chi connectivity index (χ0) is 20.8. The fraction of sp³-hybridized carbons (Fsp3) is 0.583. The zero-order valence-corrected chi connectivity index (χ0v) is 17.9. The van der Waals surface area contributed by atoms with Gasteiger partial charge in [-0.25, -0.2) is 0 Å². The molecule has 162 valence electrons. The second kappa shape index (κ2) is 10.1. The molecule has 4 rings (SSSR count). The first-order valence-electron chi connectivity index (χ1n) is 11.3. The first kappa shape index (κ1) is 20.9. The predicted molar refractivity (Wildman–Crippen MR) is 116 cm³/mol. The van der Waals surface area contributed by atoms with Crippen LogP contribution in [-0.4, -0.2) is 37.3 Å². The number of hydrogen-bond acceptors (Lipinski definition) is 5. The number of nitrogens with one attached hydrogen (secondary N) is 2. The number of nitrogens with zero attached hydrogens (tertiary/aromatic N) is 1. The molecule has 0 radical (unpaired) electrons. The molecule has 0 bridgehead atoms. The van der Waals surface area contributed by atoms with Crippen LogP contribution in [0.3, 0.4) is 0 Å². The fourth-order valence-electron chi connectivity index (χ4n) is 4.82. The van der Waals surface area contributed by atoms with E-state index in [1.807, 2.05) is 30.3 Å². The van der Waals surface area contributed by atoms with E-state index in [0.717, 1.165) is 61.5 Å². The lowest BCUT2D eigenvalue weighted by atomic mass is 9.81. The molecule has 1 saturated heterocycles. The van der Waals surface area contributed by atoms with Gasteiger partial charge in [0.2, 0.25) is 5.91 Å². The Hall–Kier alpha value is -2.34. The van der Waals surface area contributed by atoms with Crippen LogP contribution in [0, 0.1) is 11.8 Å². The van der Waals surface area contributed by atoms with Crippen molar-refractivity contribution in [2.75, 3.05) is 20.2 Å². The Bertz CT molecular complexity index is 811. The number of methoxy groups -OCH3 is 1. The van der Waals surface area contributed by atoms with Crippen LogP contribution < -0.4 is 15.4 Å². The smallest absolute Gasteiger partial charge is 0.220 e. The van der Waals surface area contributed by atoms with Gasteiger partial charge in [-0.15, -0.1) is 0 Å². The number of piperidine rings is 1. The molecule has 2 fully saturated rings. The van der Waals surface area contributed by atoms with Crippen molar-refractivity contribution in [1.82, 2.24) is 15.8 Å². The molecule has 2 aliphatic rings. The van der Waals surface area contributed by atoms with Gasteiger partial charge in [-0.1, -0.05) is 24.4 Å². The number of carbonyl (C=O) groups is 1. The summed E-state index contributed by atoms with van der Waals surface area (Å²) in [4.78, 5) is 12.6. The van der Waals surface area contributed by atoms with Crippen molar-refractivity contribution in [1.29, 1.82) is 0 Å². The normalized spacial score (nSPS) is 22.6. The number of aromatic nitrogens is 1. The summed E-state index contributed by atoms with van der Waals surface area (Å²) in [5, 5.41) is 11.1. The summed E-state index contributed by atoms with van der Waals surface area (Å²) in [5.41, 5.74) is 1.94. The maximum absolute atomic E-state index is 12.6. The Balaban J connectivity index is 1.35. The fourth-order valence-corrected chi connectivity index (χ4v) is 4.82. The third kappa shape index (κ3) is 5.42. The Labute approximate surface area is 178 Å². The lowest BCUT2D eigenvalue weighted by Gasteiger charge is -2.32. The molecule has 2 atom stereocenters. The third-order valence-electron chi connectivity index (χ3n) is 6.59. The zero-order valence-electron chi connectivity index (χ0n) is 17.9. The molecule has 6 nitrogen and oxygen atoms in total. The van der Waals surface area contributed by atoms with Crippen molar-refractivity contribution in [3.05, 3.63) is 36.0 Å². The molecular formula is C24H33N3O3. The highest BCUT2D eigenvalue weighted by molar-refractivity contribution is 5.76. The molecule has 1 aliphatic carbocycles. The van der Waals surface area contributed by atoms with E-state index in [1.165, 1.54) is 19.3 Å². The van der Waals surface area contributed by atoms with E-state index in [1.54, 1.807) is 7.11 Å². The summed E-state index contributed by atoms with van der Waals surface area (Å²) in [7, 11) is 1.66. The summed E-state index contributed by atoms with van der Waals surface area (Å²) in [5.74, 6) is 2.59. The third-order valence-corrected chi connectivity index (χ3v) is 6.59. The number of carbonyl (C=O) groups excluding carboxylic acids is 1. The Morgan fingerprint density at radius 3 is 2.73 bits per heavy atom. The summed E-state index contributed by atoms with van der Waals surface area (Å²) >= 11 is 0. The number of hydrogen-bond donors (Lipinski definition) is 2. The van der Waals surface area contributed by atoms with E-state index in [-0.39, 0.29) is 5.91 Å². The van der Waals surface area contributed by atoms with Crippen molar-refractivity contribution in [2.45, 2.75) is 57.4 Å². The molecule has 2 N–H and O–H groups in total. The first-order valence-corrected chi connectivity index (χ1v) is 11.3. The van der Waals surface area contributed by atoms with E-state index in [9.17, 15) is 4.79 Å². The van der Waals surface area contributed by atoms with Crippen molar-refractivity contribution < 1.29 is 14.1 Å². The summed E-state index contributed by atoms with van der Waals surface area (Å²) in [6, 6.07) is 10.2. The van der Waals surface area contributed by atoms with Crippen LogP contribution in [0.1, 0.15) is 50.6 Å². The molecule has 0 spiro atoms. The lowest BCUT2D eigenvalue weighted by Crippen LogP contribution is -2.42. The molecule has 2 heterocycles. The molecular weight excluding hydrogens is 378 g/mol. The molecule has 1 aromatic heterocycles. The van der Waals surface area contributed by atoms with Crippen LogP contribution in [0.15, 0.2) is 34.9 Å². The lowest BCUT2D eigenvalue weighted by molar-refractivity contribution is -0.123. The predicted octanol–water partition coefficient (Wildman–Crippen LogP) is 3.96. The van der Waals surface area contributed by atoms with Gasteiger partial charge >= 0.3 is 0 Å². The van der Waals surface area contributed by atoms with Gasteiger partial charge < -0.3 is 19.9 Å². The molecule has 2 unspecified atom stereocenters. The number of amides is 1. The van der Waals surface area contributed by atoms with Crippen LogP contribution in [0.4, 0.5) is 0 Å². The van der Waals surface area contributed by atoms with Crippen LogP contribution >= 0.6 is 0 Å². The van der Waals surface area contributed by atoms with Crippen LogP contribution in [0.2, 0.25) is 0 Å². The minimum Gasteiger partial charge on any atom is -0.497 e. The average Bonchev–Trinajstić information content (AvgIpc) is 3.24. The second-order valence-corrected chi connectivity index (χ2v) is 8.73. The van der Waals surface area contributed by atoms with Crippen LogP contribution in [0.25, 0.3) is 11.3 Å². The number of rotatable bonds is 7. The second-order valence-electron chi connectivity index (χ2n) is 8.73. The van der Waals surface area contributed by atoms with Gasteiger partial charge in [0.25, 0.3) is 0 Å². The van der Waals surface area contributed by atoms with Gasteiger partial charge in [-0.3, -0.25) is 4.79 Å². The Kier molecular flexibility index (Phi) is 7.05. The van der Waals surface area contributed by atoms with Crippen molar-refractivity contribution >= 4 is 5.91 Å². The SMILES string of the molecule is COc1ccc(-c2cc(CC3CNCCC3CC(=O)NC3CCCCC3)no2)cc1. The summed E-state index contributed by atoms with van der Waals surface area (Å²) in [6.45, 7) is 1.90. The van der Waals surface area contributed by atoms with E-state index in [4.69, 9.17) is 9.26 Å². The molecule has 1 saturated carbocycles. The van der Waals surface area contributed by atoms with E-state index in [0.29, 0.717) is 24.3 Å². The maximum atomic E-state index is 12.6. The summed E-state index contributed by atoms with van der Waals surface area (Å²) < 4.78 is 10.8. The van der Waals surface area contributed by atoms with Gasteiger partial charge in [-0.2, -0.15) is 0 Å². The van der Waals surface area contributed by atoms with E-state index in [2.05, 4.69) is 15.8 Å². The van der Waals surface area contributed by atoms with E-state index < -0.39 is 0 Å². The molecule has 2 aromatic rings. The highest BCUT2D eigenvalue weighted by Crippen LogP contribution is 2.29. The first-order chi connectivity index (χ1) is 14.7. The highest BCUT2D eigenvalue weighted by atomic mass is 16.5. The molecule has 1 aromatic carbocycles. The standard InChI is InChI=1S/C24H33N3O3/c1-29-22-9-7-17(8-10-22)23-15-21(27-30-23)13-19-16-25-12-11-18(19)14-24(28)26-20-5-3-2-4-6-20/h7-10,15,18-20,25H,2-6,11-14,16H2,1H3,(H,26,28). The van der Waals surface area contributed by atoms with Crippen molar-refractivity contribution in [2.24, 2.45) is 11.8 Å². The van der Waals surface area contributed by atoms with Crippen molar-refractivity contribution in [3.8, 4) is 17.1 Å². The minimum atomic E-state index is 0.220. The van der Waals surface area contributed by atoms with Gasteiger partial charge in [-0.05, 0) is 74.9 Å². The van der Waals surface area contributed by atoms with Gasteiger partial charge in [0.05, 0.1) is 12.8 Å². The van der Waals surface area contributed by atoms with Gasteiger partial charge in [0, 0.05) is 24.1 Å². The largest absolute Gasteiger partial charge is 0.497 e. The number of ether oxygens (including phenoxy) is 1. The maximum Gasteiger partial charge on any atom is 0.220 e. The highest BCUT2D eigenvalue weighted by Gasteiger charge is 2.29. The number of benzene rings is 1. The van der Waals surface area contributed by atoms with Crippen molar-refractivity contribution in [3.63, 3.8) is 0 Å². The molecule has 6 heteroatoms. The Morgan fingerprint density at radius 1 is 1.17 bits per heavy atom. The van der Waals surface area contributed by atoms with Gasteiger partial charge in [0.15, 0.2) is 5.76 Å². The molecule has 1 aliphatic heterocycles. The van der Waals surface area contributed by atoms with Gasteiger partial charge in [0.1, 0.15) is 5.75 Å². The van der Waals surface area contributed by atoms with E-state index >= 15 is 0 Å². The summed E-state index contributed by atoms with van der Waals surface area (Å²) in [6.07, 6.45) is 8.53. The quantitative estimate of drug-likeness (QED) is 0.721. The average molecular weight is 412 g/mol. The minimum absolute atomic E-state index is 0.220.